The van der Waals surface area contributed by atoms with Crippen molar-refractivity contribution in [2.24, 2.45) is 0 Å². The zero-order valence-corrected chi connectivity index (χ0v) is 14.5. The van der Waals surface area contributed by atoms with Crippen LogP contribution in [0.25, 0.3) is 0 Å². The number of hydrogen-bond donors (Lipinski definition) is 0. The summed E-state index contributed by atoms with van der Waals surface area (Å²) in [5, 5.41) is 3.88. The Morgan fingerprint density at radius 1 is 1.43 bits per heavy atom. The molecule has 8 nitrogen and oxygen atoms in total. The second-order valence-electron chi connectivity index (χ2n) is 6.24. The summed E-state index contributed by atoms with van der Waals surface area (Å²) in [6.07, 6.45) is 1.72. The molecule has 1 fully saturated rings. The number of nitrogens with zero attached hydrogens (tertiary/aromatic N) is 5. The van der Waals surface area contributed by atoms with Crippen LogP contribution in [0.2, 0.25) is 0 Å². The fourth-order valence-corrected chi connectivity index (χ4v) is 2.63. The van der Waals surface area contributed by atoms with Crippen molar-refractivity contribution < 1.29 is 14.1 Å². The van der Waals surface area contributed by atoms with Crippen molar-refractivity contribution in [2.75, 3.05) is 54.5 Å². The maximum atomic E-state index is 12.3. The maximum Gasteiger partial charge on any atom is 0.246 e. The third-order valence-electron chi connectivity index (χ3n) is 4.17. The molecule has 130 valence electrons. The molecule has 1 aliphatic rings. The van der Waals surface area contributed by atoms with E-state index in [1.165, 1.54) is 0 Å². The fourth-order valence-electron chi connectivity index (χ4n) is 2.63. The first kappa shape index (κ1) is 17.8. The molecule has 1 aromatic heterocycles. The Labute approximate surface area is 137 Å². The number of carbonyl (C=O) groups is 1. The molecule has 0 aromatic carbocycles. The van der Waals surface area contributed by atoms with Gasteiger partial charge in [0.25, 0.3) is 0 Å². The number of methoxy groups -OCH3 is 1. The van der Waals surface area contributed by atoms with Crippen LogP contribution >= 0.6 is 0 Å². The average molecular weight is 325 g/mol. The van der Waals surface area contributed by atoms with Gasteiger partial charge in [-0.2, -0.15) is 4.98 Å². The number of hydrogen-bond acceptors (Lipinski definition) is 7. The Hall–Kier alpha value is -1.51. The standard InChI is InChI=1S/C15H27N5O3/c1-18(2)12-5-7-20(9-12)11-15(21)19(3)10-14-16-13(17-23-14)6-8-22-4/h12H,5-11H2,1-4H3/t12-/m0/s1. The molecule has 1 saturated heterocycles. The predicted octanol–water partition coefficient (Wildman–Crippen LogP) is -0.147. The second-order valence-corrected chi connectivity index (χ2v) is 6.24. The van der Waals surface area contributed by atoms with E-state index >= 15 is 0 Å². The number of likely N-dealkylation sites (N-methyl/N-ethyl adjacent to an activating group) is 2. The van der Waals surface area contributed by atoms with Crippen LogP contribution in [0.3, 0.4) is 0 Å². The summed E-state index contributed by atoms with van der Waals surface area (Å²) in [5.41, 5.74) is 0. The zero-order chi connectivity index (χ0) is 16.8. The predicted molar refractivity (Wildman–Crippen MR) is 84.9 cm³/mol. The number of ether oxygens (including phenoxy) is 1. The molecule has 0 saturated carbocycles. The molecule has 0 radical (unpaired) electrons. The summed E-state index contributed by atoms with van der Waals surface area (Å²) >= 11 is 0. The Kier molecular flexibility index (Phi) is 6.49. The van der Waals surface area contributed by atoms with Crippen LogP contribution in [-0.2, 0) is 22.5 Å². The number of rotatable bonds is 8. The molecule has 1 aromatic rings. The van der Waals surface area contributed by atoms with Gasteiger partial charge in [-0.25, -0.2) is 0 Å². The van der Waals surface area contributed by atoms with E-state index in [1.807, 2.05) is 0 Å². The molecule has 1 amide bonds. The van der Waals surface area contributed by atoms with Gasteiger partial charge in [0.05, 0.1) is 19.7 Å². The summed E-state index contributed by atoms with van der Waals surface area (Å²) in [6, 6.07) is 0.535. The van der Waals surface area contributed by atoms with Crippen LogP contribution < -0.4 is 0 Å². The monoisotopic (exact) mass is 325 g/mol. The topological polar surface area (TPSA) is 74.9 Å². The highest BCUT2D eigenvalue weighted by Gasteiger charge is 2.26. The van der Waals surface area contributed by atoms with Gasteiger partial charge in [-0.1, -0.05) is 5.16 Å². The quantitative estimate of drug-likeness (QED) is 0.658. The highest BCUT2D eigenvalue weighted by atomic mass is 16.5. The fraction of sp³-hybridized carbons (Fsp3) is 0.800. The number of carbonyl (C=O) groups excluding carboxylic acids is 1. The minimum atomic E-state index is 0.0704. The first-order chi connectivity index (χ1) is 11.0. The highest BCUT2D eigenvalue weighted by Crippen LogP contribution is 2.13. The smallest absolute Gasteiger partial charge is 0.246 e. The van der Waals surface area contributed by atoms with E-state index in [9.17, 15) is 4.79 Å². The van der Waals surface area contributed by atoms with Gasteiger partial charge in [-0.3, -0.25) is 9.69 Å². The maximum absolute atomic E-state index is 12.3. The first-order valence-electron chi connectivity index (χ1n) is 7.92. The number of aromatic nitrogens is 2. The Balaban J connectivity index is 1.77. The molecule has 1 aliphatic heterocycles. The van der Waals surface area contributed by atoms with Gasteiger partial charge >= 0.3 is 0 Å². The SMILES string of the molecule is COCCc1noc(CN(C)C(=O)CN2CC[C@H](N(C)C)C2)n1. The van der Waals surface area contributed by atoms with Gasteiger partial charge < -0.3 is 19.1 Å². The van der Waals surface area contributed by atoms with Gasteiger partial charge in [0.1, 0.15) is 0 Å². The van der Waals surface area contributed by atoms with E-state index in [4.69, 9.17) is 9.26 Å². The van der Waals surface area contributed by atoms with Crippen LogP contribution in [0, 0.1) is 0 Å². The van der Waals surface area contributed by atoms with Crippen molar-refractivity contribution in [3.05, 3.63) is 11.7 Å². The molecule has 0 bridgehead atoms. The third kappa shape index (κ3) is 5.26. The van der Waals surface area contributed by atoms with Crippen molar-refractivity contribution in [3.8, 4) is 0 Å². The third-order valence-corrected chi connectivity index (χ3v) is 4.17. The first-order valence-corrected chi connectivity index (χ1v) is 7.92. The minimum Gasteiger partial charge on any atom is -0.384 e. The molecule has 2 heterocycles. The van der Waals surface area contributed by atoms with Gasteiger partial charge in [0, 0.05) is 39.7 Å². The number of amides is 1. The molecule has 2 rings (SSSR count). The van der Waals surface area contributed by atoms with E-state index in [0.29, 0.717) is 43.9 Å². The lowest BCUT2D eigenvalue weighted by Crippen LogP contribution is -2.39. The van der Waals surface area contributed by atoms with Crippen molar-refractivity contribution in [2.45, 2.75) is 25.4 Å². The molecule has 0 unspecified atom stereocenters. The summed E-state index contributed by atoms with van der Waals surface area (Å²) in [7, 11) is 7.56. The van der Waals surface area contributed by atoms with E-state index in [0.717, 1.165) is 19.5 Å². The Bertz CT molecular complexity index is 505. The molecule has 1 atom stereocenters. The summed E-state index contributed by atoms with van der Waals surface area (Å²) < 4.78 is 10.1. The van der Waals surface area contributed by atoms with E-state index < -0.39 is 0 Å². The van der Waals surface area contributed by atoms with E-state index in [2.05, 4.69) is 34.0 Å². The van der Waals surface area contributed by atoms with Crippen LogP contribution in [-0.4, -0.2) is 91.3 Å². The van der Waals surface area contributed by atoms with Crippen LogP contribution in [0.1, 0.15) is 18.1 Å². The molecule has 23 heavy (non-hydrogen) atoms. The summed E-state index contributed by atoms with van der Waals surface area (Å²) in [5.74, 6) is 1.14. The van der Waals surface area contributed by atoms with Crippen LogP contribution in [0.15, 0.2) is 4.52 Å². The largest absolute Gasteiger partial charge is 0.384 e. The normalized spacial score (nSPS) is 18.7. The highest BCUT2D eigenvalue weighted by molar-refractivity contribution is 5.77. The lowest BCUT2D eigenvalue weighted by atomic mass is 10.2. The van der Waals surface area contributed by atoms with Crippen molar-refractivity contribution >= 4 is 5.91 Å². The summed E-state index contributed by atoms with van der Waals surface area (Å²) in [6.45, 7) is 3.23. The van der Waals surface area contributed by atoms with Crippen LogP contribution in [0.4, 0.5) is 0 Å². The van der Waals surface area contributed by atoms with Crippen LogP contribution in [0.5, 0.6) is 0 Å². The lowest BCUT2D eigenvalue weighted by molar-refractivity contribution is -0.131. The van der Waals surface area contributed by atoms with Crippen molar-refractivity contribution in [1.29, 1.82) is 0 Å². The summed E-state index contributed by atoms with van der Waals surface area (Å²) in [4.78, 5) is 22.6. The molecule has 0 spiro atoms. The second kappa shape index (κ2) is 8.37. The lowest BCUT2D eigenvalue weighted by Gasteiger charge is -2.22. The van der Waals surface area contributed by atoms with Gasteiger partial charge in [-0.15, -0.1) is 0 Å². The molecular weight excluding hydrogens is 298 g/mol. The minimum absolute atomic E-state index is 0.0704. The Morgan fingerprint density at radius 2 is 2.22 bits per heavy atom. The zero-order valence-electron chi connectivity index (χ0n) is 14.5. The number of likely N-dealkylation sites (tertiary alicyclic amines) is 1. The van der Waals surface area contributed by atoms with Gasteiger partial charge in [0.15, 0.2) is 5.82 Å². The molecule has 0 N–H and O–H groups in total. The van der Waals surface area contributed by atoms with Gasteiger partial charge in [0.2, 0.25) is 11.8 Å². The van der Waals surface area contributed by atoms with Crippen molar-refractivity contribution in [3.63, 3.8) is 0 Å². The molecular formula is C15H27N5O3. The average Bonchev–Trinajstić information content (AvgIpc) is 3.14. The van der Waals surface area contributed by atoms with E-state index in [-0.39, 0.29) is 5.91 Å². The van der Waals surface area contributed by atoms with Gasteiger partial charge in [-0.05, 0) is 20.5 Å². The molecule has 0 aliphatic carbocycles. The van der Waals surface area contributed by atoms with Crippen molar-refractivity contribution in [1.82, 2.24) is 24.8 Å². The van der Waals surface area contributed by atoms with E-state index in [1.54, 1.807) is 19.1 Å². The molecule has 8 heteroatoms. The Morgan fingerprint density at radius 3 is 2.87 bits per heavy atom.